The molecule has 0 saturated carbocycles. The quantitative estimate of drug-likeness (QED) is 0.666. The van der Waals surface area contributed by atoms with E-state index in [4.69, 9.17) is 0 Å². The van der Waals surface area contributed by atoms with Crippen molar-refractivity contribution in [1.29, 1.82) is 0 Å². The van der Waals surface area contributed by atoms with Crippen LogP contribution >= 0.6 is 0 Å². The second kappa shape index (κ2) is 6.87. The first kappa shape index (κ1) is 15.7. The Balaban J connectivity index is 1.80. The van der Waals surface area contributed by atoms with E-state index < -0.39 is 10.0 Å². The lowest BCUT2D eigenvalue weighted by molar-refractivity contribution is -0.140. The van der Waals surface area contributed by atoms with Crippen LogP contribution in [-0.2, 0) is 19.6 Å². The second-order valence-electron chi connectivity index (χ2n) is 5.54. The van der Waals surface area contributed by atoms with Gasteiger partial charge in [-0.1, -0.05) is 0 Å². The molecule has 7 heteroatoms. The molecule has 0 amide bonds. The summed E-state index contributed by atoms with van der Waals surface area (Å²) >= 11 is 0. The zero-order valence-corrected chi connectivity index (χ0v) is 12.9. The first-order valence-corrected chi connectivity index (χ1v) is 8.92. The number of esters is 1. The maximum atomic E-state index is 12.2. The zero-order valence-electron chi connectivity index (χ0n) is 12.1. The first-order valence-electron chi connectivity index (χ1n) is 7.31. The Bertz CT molecular complexity index is 432. The molecular weight excluding hydrogens is 280 g/mol. The van der Waals surface area contributed by atoms with Crippen molar-refractivity contribution >= 4 is 16.0 Å². The molecule has 0 radical (unpaired) electrons. The van der Waals surface area contributed by atoms with Crippen molar-refractivity contribution in [3.63, 3.8) is 0 Å². The number of carbonyl (C=O) groups excluding carboxylic acids is 1. The third kappa shape index (κ3) is 3.93. The first-order chi connectivity index (χ1) is 9.53. The Kier molecular flexibility index (Phi) is 5.40. The fraction of sp³-hybridized carbons (Fsp3) is 0.923. The Morgan fingerprint density at radius 1 is 1.25 bits per heavy atom. The van der Waals surface area contributed by atoms with E-state index in [0.717, 1.165) is 19.5 Å². The Morgan fingerprint density at radius 3 is 2.60 bits per heavy atom. The van der Waals surface area contributed by atoms with Crippen LogP contribution in [0.2, 0.25) is 0 Å². The summed E-state index contributed by atoms with van der Waals surface area (Å²) in [6.45, 7) is 3.42. The van der Waals surface area contributed by atoms with Gasteiger partial charge in [-0.05, 0) is 38.8 Å². The monoisotopic (exact) mass is 304 g/mol. The minimum atomic E-state index is -3.23. The van der Waals surface area contributed by atoms with E-state index in [0.29, 0.717) is 25.6 Å². The van der Waals surface area contributed by atoms with Gasteiger partial charge < -0.3 is 4.74 Å². The molecule has 2 aliphatic rings. The van der Waals surface area contributed by atoms with Gasteiger partial charge >= 0.3 is 5.97 Å². The number of hydrogen-bond donors (Lipinski definition) is 0. The molecule has 0 N–H and O–H groups in total. The van der Waals surface area contributed by atoms with Crippen LogP contribution in [0.25, 0.3) is 0 Å². The molecule has 0 aliphatic carbocycles. The number of likely N-dealkylation sites (tertiary alicyclic amines) is 1. The van der Waals surface area contributed by atoms with Gasteiger partial charge in [0.05, 0.1) is 12.9 Å². The van der Waals surface area contributed by atoms with E-state index in [9.17, 15) is 13.2 Å². The van der Waals surface area contributed by atoms with Crippen LogP contribution in [0.3, 0.4) is 0 Å². The van der Waals surface area contributed by atoms with Crippen LogP contribution in [0, 0.1) is 0 Å². The predicted molar refractivity (Wildman–Crippen MR) is 75.8 cm³/mol. The van der Waals surface area contributed by atoms with Gasteiger partial charge in [0.15, 0.2) is 0 Å². The van der Waals surface area contributed by atoms with Crippen molar-refractivity contribution < 1.29 is 17.9 Å². The molecule has 0 aromatic carbocycles. The zero-order chi connectivity index (χ0) is 14.6. The van der Waals surface area contributed by atoms with Crippen molar-refractivity contribution in [3.05, 3.63) is 0 Å². The largest absolute Gasteiger partial charge is 0.469 e. The summed E-state index contributed by atoms with van der Waals surface area (Å²) < 4.78 is 30.5. The Hall–Kier alpha value is -0.660. The maximum Gasteiger partial charge on any atom is 0.305 e. The lowest BCUT2D eigenvalue weighted by Crippen LogP contribution is -2.37. The van der Waals surface area contributed by atoms with Crippen molar-refractivity contribution in [3.8, 4) is 0 Å². The second-order valence-corrected chi connectivity index (χ2v) is 7.63. The molecule has 2 fully saturated rings. The van der Waals surface area contributed by atoms with Gasteiger partial charge in [0.2, 0.25) is 10.0 Å². The molecule has 20 heavy (non-hydrogen) atoms. The molecule has 0 aromatic heterocycles. The highest BCUT2D eigenvalue weighted by molar-refractivity contribution is 7.89. The van der Waals surface area contributed by atoms with E-state index in [1.807, 2.05) is 0 Å². The van der Waals surface area contributed by atoms with Gasteiger partial charge in [-0.15, -0.1) is 0 Å². The SMILES string of the molecule is COC(=O)CCCS(=O)(=O)N1CCC(N2CCCC2)C1. The van der Waals surface area contributed by atoms with Gasteiger partial charge in [0.25, 0.3) is 0 Å². The number of ether oxygens (including phenoxy) is 1. The van der Waals surface area contributed by atoms with Crippen LogP contribution in [0.4, 0.5) is 0 Å². The van der Waals surface area contributed by atoms with Gasteiger partial charge in [-0.2, -0.15) is 0 Å². The van der Waals surface area contributed by atoms with Gasteiger partial charge in [0.1, 0.15) is 0 Å². The highest BCUT2D eigenvalue weighted by atomic mass is 32.2. The summed E-state index contributed by atoms with van der Waals surface area (Å²) in [5.41, 5.74) is 0. The summed E-state index contributed by atoms with van der Waals surface area (Å²) in [5.74, 6) is -0.314. The number of hydrogen-bond acceptors (Lipinski definition) is 5. The molecule has 2 saturated heterocycles. The van der Waals surface area contributed by atoms with Gasteiger partial charge in [-0.3, -0.25) is 9.69 Å². The van der Waals surface area contributed by atoms with Crippen molar-refractivity contribution in [1.82, 2.24) is 9.21 Å². The number of carbonyl (C=O) groups is 1. The molecule has 0 aromatic rings. The van der Waals surface area contributed by atoms with Crippen LogP contribution in [-0.4, -0.2) is 68.7 Å². The molecule has 2 aliphatic heterocycles. The van der Waals surface area contributed by atoms with E-state index in [1.165, 1.54) is 20.0 Å². The molecular formula is C13H24N2O4S. The van der Waals surface area contributed by atoms with Crippen LogP contribution in [0.1, 0.15) is 32.1 Å². The summed E-state index contributed by atoms with van der Waals surface area (Å²) in [7, 11) is -1.91. The fourth-order valence-electron chi connectivity index (χ4n) is 3.00. The summed E-state index contributed by atoms with van der Waals surface area (Å²) in [6.07, 6.45) is 3.88. The number of methoxy groups -OCH3 is 1. The third-order valence-electron chi connectivity index (χ3n) is 4.19. The Labute approximate surface area is 121 Å². The lowest BCUT2D eigenvalue weighted by atomic mass is 10.2. The smallest absolute Gasteiger partial charge is 0.305 e. The van der Waals surface area contributed by atoms with Gasteiger partial charge in [-0.25, -0.2) is 12.7 Å². The van der Waals surface area contributed by atoms with Crippen LogP contribution in [0.15, 0.2) is 0 Å². The maximum absolute atomic E-state index is 12.2. The molecule has 1 unspecified atom stereocenters. The topological polar surface area (TPSA) is 66.9 Å². The number of sulfonamides is 1. The lowest BCUT2D eigenvalue weighted by Gasteiger charge is -2.23. The van der Waals surface area contributed by atoms with Crippen molar-refractivity contribution in [2.45, 2.75) is 38.1 Å². The van der Waals surface area contributed by atoms with Crippen LogP contribution < -0.4 is 0 Å². The third-order valence-corrected chi connectivity index (χ3v) is 6.11. The molecule has 2 rings (SSSR count). The van der Waals surface area contributed by atoms with E-state index in [1.54, 1.807) is 4.31 Å². The number of rotatable bonds is 6. The molecule has 0 bridgehead atoms. The molecule has 0 spiro atoms. The van der Waals surface area contributed by atoms with E-state index in [-0.39, 0.29) is 18.1 Å². The van der Waals surface area contributed by atoms with E-state index >= 15 is 0 Å². The Morgan fingerprint density at radius 2 is 1.95 bits per heavy atom. The summed E-state index contributed by atoms with van der Waals surface area (Å²) in [6, 6.07) is 0.382. The van der Waals surface area contributed by atoms with E-state index in [2.05, 4.69) is 9.64 Å². The normalized spacial score (nSPS) is 25.1. The van der Waals surface area contributed by atoms with Gasteiger partial charge in [0, 0.05) is 25.6 Å². The minimum Gasteiger partial charge on any atom is -0.469 e. The molecule has 116 valence electrons. The molecule has 1 atom stereocenters. The molecule has 6 nitrogen and oxygen atoms in total. The highest BCUT2D eigenvalue weighted by Crippen LogP contribution is 2.22. The fourth-order valence-corrected chi connectivity index (χ4v) is 4.55. The summed E-state index contributed by atoms with van der Waals surface area (Å²) in [5, 5.41) is 0. The summed E-state index contributed by atoms with van der Waals surface area (Å²) in [4.78, 5) is 13.4. The highest BCUT2D eigenvalue weighted by Gasteiger charge is 2.34. The van der Waals surface area contributed by atoms with Crippen LogP contribution in [0.5, 0.6) is 0 Å². The average Bonchev–Trinajstić information content (AvgIpc) is 3.08. The van der Waals surface area contributed by atoms with Crippen molar-refractivity contribution in [2.75, 3.05) is 39.0 Å². The molecule has 2 heterocycles. The minimum absolute atomic E-state index is 0.0365. The standard InChI is InChI=1S/C13H24N2O4S/c1-19-13(16)5-4-10-20(17,18)15-9-6-12(11-15)14-7-2-3-8-14/h12H,2-11H2,1H3. The number of nitrogens with zero attached hydrogens (tertiary/aromatic N) is 2. The average molecular weight is 304 g/mol. The van der Waals surface area contributed by atoms with Crippen molar-refractivity contribution in [2.24, 2.45) is 0 Å². The predicted octanol–water partition coefficient (Wildman–Crippen LogP) is 0.440.